The number of hydrogen-bond donors (Lipinski definition) is 0. The summed E-state index contributed by atoms with van der Waals surface area (Å²) in [7, 11) is 4.25. The number of carbonyl (C=O) groups is 1. The van der Waals surface area contributed by atoms with E-state index in [0.29, 0.717) is 18.9 Å². The zero-order chi connectivity index (χ0) is 18.0. The second kappa shape index (κ2) is 7.46. The lowest BCUT2D eigenvalue weighted by molar-refractivity contribution is -0.131. The van der Waals surface area contributed by atoms with Gasteiger partial charge in [-0.05, 0) is 58.2 Å². The predicted octanol–water partition coefficient (Wildman–Crippen LogP) is 1.71. The summed E-state index contributed by atoms with van der Waals surface area (Å²) in [6, 6.07) is 2.06. The molecule has 1 aromatic heterocycles. The molecule has 1 atom stereocenters. The van der Waals surface area contributed by atoms with E-state index in [1.54, 1.807) is 0 Å². The smallest absolute Gasteiger partial charge is 0.224 e. The molecular formula is C19H32N4O2. The van der Waals surface area contributed by atoms with Crippen molar-refractivity contribution in [3.63, 3.8) is 0 Å². The number of aromatic nitrogens is 2. The third-order valence-corrected chi connectivity index (χ3v) is 5.88. The van der Waals surface area contributed by atoms with Gasteiger partial charge in [-0.15, -0.1) is 0 Å². The molecule has 2 saturated heterocycles. The molecule has 0 unspecified atom stereocenters. The number of aryl methyl sites for hydroxylation is 3. The Morgan fingerprint density at radius 1 is 1.36 bits per heavy atom. The quantitative estimate of drug-likeness (QED) is 0.813. The van der Waals surface area contributed by atoms with Crippen LogP contribution in [0.15, 0.2) is 6.07 Å². The summed E-state index contributed by atoms with van der Waals surface area (Å²) in [5.74, 6) is 0.809. The maximum Gasteiger partial charge on any atom is 0.224 e. The van der Waals surface area contributed by atoms with Crippen molar-refractivity contribution in [3.8, 4) is 0 Å². The highest BCUT2D eigenvalue weighted by atomic mass is 16.5. The molecule has 0 aromatic carbocycles. The van der Waals surface area contributed by atoms with Gasteiger partial charge in [0.25, 0.3) is 0 Å². The summed E-state index contributed by atoms with van der Waals surface area (Å²) in [5, 5.41) is 4.47. The number of rotatable bonds is 5. The van der Waals surface area contributed by atoms with Crippen molar-refractivity contribution in [2.75, 3.05) is 46.9 Å². The number of ether oxygens (including phenoxy) is 1. The molecule has 0 aliphatic carbocycles. The van der Waals surface area contributed by atoms with E-state index in [4.69, 9.17) is 4.74 Å². The maximum absolute atomic E-state index is 12.8. The minimum Gasteiger partial charge on any atom is -0.381 e. The standard InChI is InChI=1S/C19H32N4O2/c1-15-11-16(2)23(20-15)8-5-18(24)22-13-17(12-21(3)4)19(14-22)6-9-25-10-7-19/h11,17H,5-10,12-14H2,1-4H3/t17-/m0/s1. The van der Waals surface area contributed by atoms with Crippen molar-refractivity contribution in [2.45, 2.75) is 39.7 Å². The number of amides is 1. The summed E-state index contributed by atoms with van der Waals surface area (Å²) < 4.78 is 7.55. The first kappa shape index (κ1) is 18.4. The van der Waals surface area contributed by atoms with E-state index in [0.717, 1.165) is 57.1 Å². The van der Waals surface area contributed by atoms with Crippen LogP contribution >= 0.6 is 0 Å². The lowest BCUT2D eigenvalue weighted by atomic mass is 9.72. The largest absolute Gasteiger partial charge is 0.381 e. The number of likely N-dealkylation sites (tertiary alicyclic amines) is 1. The summed E-state index contributed by atoms with van der Waals surface area (Å²) in [4.78, 5) is 17.2. The highest BCUT2D eigenvalue weighted by Crippen LogP contribution is 2.44. The van der Waals surface area contributed by atoms with Crippen LogP contribution in [0.25, 0.3) is 0 Å². The van der Waals surface area contributed by atoms with Gasteiger partial charge in [0.2, 0.25) is 5.91 Å². The Balaban J connectivity index is 1.63. The van der Waals surface area contributed by atoms with Crippen molar-refractivity contribution < 1.29 is 9.53 Å². The van der Waals surface area contributed by atoms with E-state index in [-0.39, 0.29) is 11.3 Å². The Morgan fingerprint density at radius 3 is 2.68 bits per heavy atom. The topological polar surface area (TPSA) is 50.6 Å². The third kappa shape index (κ3) is 4.06. The normalized spacial score (nSPS) is 22.9. The monoisotopic (exact) mass is 348 g/mol. The number of hydrogen-bond acceptors (Lipinski definition) is 4. The molecule has 3 heterocycles. The van der Waals surface area contributed by atoms with Crippen LogP contribution in [-0.2, 0) is 16.1 Å². The second-order valence-corrected chi connectivity index (χ2v) is 8.11. The average molecular weight is 348 g/mol. The summed E-state index contributed by atoms with van der Waals surface area (Å²) in [6.07, 6.45) is 2.68. The van der Waals surface area contributed by atoms with Gasteiger partial charge in [0.15, 0.2) is 0 Å². The molecule has 0 radical (unpaired) electrons. The van der Waals surface area contributed by atoms with Crippen molar-refractivity contribution in [2.24, 2.45) is 11.3 Å². The van der Waals surface area contributed by atoms with Gasteiger partial charge in [0.1, 0.15) is 0 Å². The van der Waals surface area contributed by atoms with Crippen LogP contribution in [0.3, 0.4) is 0 Å². The lowest BCUT2D eigenvalue weighted by Gasteiger charge is -2.38. The zero-order valence-electron chi connectivity index (χ0n) is 16.1. The zero-order valence-corrected chi connectivity index (χ0v) is 16.1. The Kier molecular flexibility index (Phi) is 5.49. The van der Waals surface area contributed by atoms with Gasteiger partial charge >= 0.3 is 0 Å². The fourth-order valence-electron chi connectivity index (χ4n) is 4.52. The average Bonchev–Trinajstić information content (AvgIpc) is 3.05. The molecule has 25 heavy (non-hydrogen) atoms. The van der Waals surface area contributed by atoms with Crippen LogP contribution in [0.1, 0.15) is 30.7 Å². The van der Waals surface area contributed by atoms with Gasteiger partial charge in [0.05, 0.1) is 5.69 Å². The lowest BCUT2D eigenvalue weighted by Crippen LogP contribution is -2.40. The molecule has 0 bridgehead atoms. The Labute approximate surface area is 151 Å². The molecule has 0 N–H and O–H groups in total. The predicted molar refractivity (Wildman–Crippen MR) is 97.4 cm³/mol. The van der Waals surface area contributed by atoms with E-state index in [1.165, 1.54) is 0 Å². The Hall–Kier alpha value is -1.40. The third-order valence-electron chi connectivity index (χ3n) is 5.88. The summed E-state index contributed by atoms with van der Waals surface area (Å²) in [6.45, 7) is 9.19. The van der Waals surface area contributed by atoms with Crippen molar-refractivity contribution in [1.82, 2.24) is 19.6 Å². The van der Waals surface area contributed by atoms with E-state index in [1.807, 2.05) is 18.5 Å². The molecule has 6 heteroatoms. The first-order valence-electron chi connectivity index (χ1n) is 9.41. The van der Waals surface area contributed by atoms with Gasteiger partial charge in [-0.3, -0.25) is 9.48 Å². The molecule has 1 aromatic rings. The van der Waals surface area contributed by atoms with Gasteiger partial charge in [-0.1, -0.05) is 0 Å². The van der Waals surface area contributed by atoms with Gasteiger partial charge < -0.3 is 14.5 Å². The molecule has 1 amide bonds. The molecule has 2 aliphatic rings. The van der Waals surface area contributed by atoms with Crippen LogP contribution in [-0.4, -0.2) is 72.4 Å². The second-order valence-electron chi connectivity index (χ2n) is 8.11. The van der Waals surface area contributed by atoms with Gasteiger partial charge in [-0.25, -0.2) is 0 Å². The summed E-state index contributed by atoms with van der Waals surface area (Å²) in [5.41, 5.74) is 2.38. The highest BCUT2D eigenvalue weighted by Gasteiger charge is 2.48. The van der Waals surface area contributed by atoms with Crippen molar-refractivity contribution >= 4 is 5.91 Å². The van der Waals surface area contributed by atoms with Crippen molar-refractivity contribution in [3.05, 3.63) is 17.5 Å². The number of carbonyl (C=O) groups excluding carboxylic acids is 1. The molecule has 6 nitrogen and oxygen atoms in total. The molecular weight excluding hydrogens is 316 g/mol. The first-order chi connectivity index (χ1) is 11.9. The van der Waals surface area contributed by atoms with E-state index >= 15 is 0 Å². The van der Waals surface area contributed by atoms with Crippen LogP contribution in [0.2, 0.25) is 0 Å². The van der Waals surface area contributed by atoms with Gasteiger partial charge in [-0.2, -0.15) is 5.10 Å². The molecule has 2 aliphatic heterocycles. The van der Waals surface area contributed by atoms with Crippen molar-refractivity contribution in [1.29, 1.82) is 0 Å². The first-order valence-corrected chi connectivity index (χ1v) is 9.41. The Morgan fingerprint density at radius 2 is 2.08 bits per heavy atom. The van der Waals surface area contributed by atoms with Crippen LogP contribution < -0.4 is 0 Å². The number of nitrogens with zero attached hydrogens (tertiary/aromatic N) is 4. The highest BCUT2D eigenvalue weighted by molar-refractivity contribution is 5.76. The van der Waals surface area contributed by atoms with Gasteiger partial charge in [0, 0.05) is 51.5 Å². The van der Waals surface area contributed by atoms with Crippen LogP contribution in [0.4, 0.5) is 0 Å². The van der Waals surface area contributed by atoms with E-state index < -0.39 is 0 Å². The molecule has 2 fully saturated rings. The van der Waals surface area contributed by atoms with Crippen LogP contribution in [0.5, 0.6) is 0 Å². The maximum atomic E-state index is 12.8. The fraction of sp³-hybridized carbons (Fsp3) is 0.789. The molecule has 0 saturated carbocycles. The SMILES string of the molecule is Cc1cc(C)n(CCC(=O)N2C[C@H](CN(C)C)C3(CCOCC3)C2)n1. The molecule has 1 spiro atoms. The molecule has 140 valence electrons. The summed E-state index contributed by atoms with van der Waals surface area (Å²) >= 11 is 0. The Bertz CT molecular complexity index is 605. The van der Waals surface area contributed by atoms with Crippen LogP contribution in [0, 0.1) is 25.2 Å². The fourth-order valence-corrected chi connectivity index (χ4v) is 4.52. The molecule has 3 rings (SSSR count). The minimum absolute atomic E-state index is 0.246. The van der Waals surface area contributed by atoms with E-state index in [2.05, 4.69) is 35.1 Å². The minimum atomic E-state index is 0.246. The van der Waals surface area contributed by atoms with E-state index in [9.17, 15) is 4.79 Å².